The van der Waals surface area contributed by atoms with Crippen LogP contribution in [0.25, 0.3) is 0 Å². The summed E-state index contributed by atoms with van der Waals surface area (Å²) in [6.07, 6.45) is 8.40. The van der Waals surface area contributed by atoms with E-state index < -0.39 is 5.60 Å². The molecule has 2 unspecified atom stereocenters. The van der Waals surface area contributed by atoms with E-state index in [1.807, 2.05) is 11.8 Å². The summed E-state index contributed by atoms with van der Waals surface area (Å²) in [5.74, 6) is 1.91. The predicted molar refractivity (Wildman–Crippen MR) is 118 cm³/mol. The number of morpholine rings is 1. The van der Waals surface area contributed by atoms with Crippen molar-refractivity contribution in [1.82, 2.24) is 15.5 Å². The highest BCUT2D eigenvalue weighted by Gasteiger charge is 2.45. The Labute approximate surface area is 175 Å². The number of hydrogen-bond acceptors (Lipinski definition) is 5. The maximum atomic E-state index is 10.9. The van der Waals surface area contributed by atoms with Gasteiger partial charge < -0.3 is 20.5 Å². The summed E-state index contributed by atoms with van der Waals surface area (Å²) in [4.78, 5) is 7.65. The highest BCUT2D eigenvalue weighted by molar-refractivity contribution is 8.00. The molecule has 3 aliphatic rings. The zero-order valence-electron chi connectivity index (χ0n) is 17.8. The monoisotopic (exact) mass is 412 g/mol. The fourth-order valence-corrected chi connectivity index (χ4v) is 6.06. The summed E-state index contributed by atoms with van der Waals surface area (Å²) in [5, 5.41) is 18.1. The summed E-state index contributed by atoms with van der Waals surface area (Å²) in [6.45, 7) is 10.2. The minimum Gasteiger partial charge on any atom is -0.387 e. The molecule has 0 aromatic carbocycles. The first-order valence-corrected chi connectivity index (χ1v) is 12.4. The van der Waals surface area contributed by atoms with E-state index in [2.05, 4.69) is 29.4 Å². The molecule has 0 radical (unpaired) electrons. The third kappa shape index (κ3) is 5.35. The molecule has 3 N–H and O–H groups in total. The lowest BCUT2D eigenvalue weighted by molar-refractivity contribution is -0.0334. The quantitative estimate of drug-likeness (QED) is 0.420. The summed E-state index contributed by atoms with van der Waals surface area (Å²) < 4.78 is 5.59. The van der Waals surface area contributed by atoms with Gasteiger partial charge in [0, 0.05) is 37.0 Å². The normalized spacial score (nSPS) is 31.2. The SMILES string of the molecule is CCNC(=NCC1(N2CCOCC2)CCCCC1)NCC1(O)CCC1SCC. The van der Waals surface area contributed by atoms with Crippen LogP contribution in [0.3, 0.4) is 0 Å². The first-order valence-electron chi connectivity index (χ1n) is 11.3. The molecule has 6 nitrogen and oxygen atoms in total. The number of guanidine groups is 1. The molecule has 28 heavy (non-hydrogen) atoms. The Hall–Kier alpha value is -0.500. The number of nitrogens with zero attached hydrogens (tertiary/aromatic N) is 2. The van der Waals surface area contributed by atoms with Crippen LogP contribution >= 0.6 is 11.8 Å². The molecule has 162 valence electrons. The largest absolute Gasteiger partial charge is 0.387 e. The molecule has 2 atom stereocenters. The molecular formula is C21H40N4O2S. The fourth-order valence-electron chi connectivity index (χ4n) is 4.86. The van der Waals surface area contributed by atoms with Crippen LogP contribution in [0.4, 0.5) is 0 Å². The number of aliphatic imine (C=N–C) groups is 1. The fraction of sp³-hybridized carbons (Fsp3) is 0.952. The highest BCUT2D eigenvalue weighted by atomic mass is 32.2. The van der Waals surface area contributed by atoms with E-state index in [-0.39, 0.29) is 5.54 Å². The van der Waals surface area contributed by atoms with Crippen LogP contribution in [0.15, 0.2) is 4.99 Å². The van der Waals surface area contributed by atoms with Gasteiger partial charge in [0.05, 0.1) is 25.4 Å². The van der Waals surface area contributed by atoms with Gasteiger partial charge in [-0.1, -0.05) is 26.2 Å². The average Bonchev–Trinajstić information content (AvgIpc) is 2.74. The van der Waals surface area contributed by atoms with E-state index in [1.54, 1.807) is 0 Å². The van der Waals surface area contributed by atoms with Gasteiger partial charge in [0.2, 0.25) is 0 Å². The topological polar surface area (TPSA) is 69.1 Å². The molecule has 0 amide bonds. The molecular weight excluding hydrogens is 372 g/mol. The number of rotatable bonds is 8. The molecule has 0 aromatic rings. The third-order valence-electron chi connectivity index (χ3n) is 6.71. The number of ether oxygens (including phenoxy) is 1. The third-order valence-corrected chi connectivity index (χ3v) is 8.12. The van der Waals surface area contributed by atoms with Crippen molar-refractivity contribution in [1.29, 1.82) is 0 Å². The van der Waals surface area contributed by atoms with Crippen molar-refractivity contribution < 1.29 is 9.84 Å². The molecule has 2 aliphatic carbocycles. The minimum absolute atomic E-state index is 0.179. The number of thioether (sulfide) groups is 1. The Bertz CT molecular complexity index is 507. The van der Waals surface area contributed by atoms with Crippen LogP contribution < -0.4 is 10.6 Å². The van der Waals surface area contributed by atoms with Gasteiger partial charge in [0.15, 0.2) is 5.96 Å². The maximum absolute atomic E-state index is 10.9. The lowest BCUT2D eigenvalue weighted by Gasteiger charge is -2.47. The van der Waals surface area contributed by atoms with Gasteiger partial charge in [-0.2, -0.15) is 11.8 Å². The van der Waals surface area contributed by atoms with Gasteiger partial charge in [0.25, 0.3) is 0 Å². The Morgan fingerprint density at radius 1 is 1.14 bits per heavy atom. The minimum atomic E-state index is -0.594. The van der Waals surface area contributed by atoms with Crippen molar-refractivity contribution in [2.75, 3.05) is 51.7 Å². The first-order chi connectivity index (χ1) is 13.6. The van der Waals surface area contributed by atoms with Gasteiger partial charge in [-0.25, -0.2) is 0 Å². The van der Waals surface area contributed by atoms with E-state index in [4.69, 9.17) is 9.73 Å². The lowest BCUT2D eigenvalue weighted by atomic mass is 9.79. The molecule has 0 spiro atoms. The number of nitrogens with one attached hydrogen (secondary N) is 2. The Kier molecular flexibility index (Phi) is 8.33. The van der Waals surface area contributed by atoms with Gasteiger partial charge >= 0.3 is 0 Å². The van der Waals surface area contributed by atoms with Crippen LogP contribution in [0, 0.1) is 0 Å². The van der Waals surface area contributed by atoms with Gasteiger partial charge in [-0.15, -0.1) is 0 Å². The maximum Gasteiger partial charge on any atom is 0.191 e. The second-order valence-corrected chi connectivity index (χ2v) is 10.00. The van der Waals surface area contributed by atoms with Crippen molar-refractivity contribution in [2.45, 2.75) is 75.2 Å². The average molecular weight is 413 g/mol. The standard InChI is InChI=1S/C21H40N4O2S/c1-3-22-19(24-17-21(26)11-8-18(21)28-4-2)23-16-20(9-6-5-7-10-20)25-12-14-27-15-13-25/h18,26H,3-17H2,1-2H3,(H2,22,23,24). The van der Waals surface area contributed by atoms with Crippen LogP contribution in [0.5, 0.6) is 0 Å². The zero-order valence-corrected chi connectivity index (χ0v) is 18.7. The van der Waals surface area contributed by atoms with Crippen LogP contribution in [0.2, 0.25) is 0 Å². The van der Waals surface area contributed by atoms with Gasteiger partial charge in [0.1, 0.15) is 0 Å². The lowest BCUT2D eigenvalue weighted by Crippen LogP contribution is -2.59. The summed E-state index contributed by atoms with van der Waals surface area (Å²) in [6, 6.07) is 0. The van der Waals surface area contributed by atoms with Crippen molar-refractivity contribution >= 4 is 17.7 Å². The molecule has 3 rings (SSSR count). The number of aliphatic hydroxyl groups is 1. The molecule has 0 aromatic heterocycles. The summed E-state index contributed by atoms with van der Waals surface area (Å²) in [7, 11) is 0. The van der Waals surface area contributed by atoms with Gasteiger partial charge in [-0.05, 0) is 38.4 Å². The molecule has 1 heterocycles. The van der Waals surface area contributed by atoms with Crippen molar-refractivity contribution in [3.8, 4) is 0 Å². The van der Waals surface area contributed by atoms with Crippen molar-refractivity contribution in [2.24, 2.45) is 4.99 Å². The molecule has 7 heteroatoms. The second-order valence-electron chi connectivity index (χ2n) is 8.52. The van der Waals surface area contributed by atoms with Crippen LogP contribution in [-0.4, -0.2) is 84.0 Å². The van der Waals surface area contributed by atoms with Gasteiger partial charge in [-0.3, -0.25) is 9.89 Å². The molecule has 2 saturated carbocycles. The number of hydrogen-bond donors (Lipinski definition) is 3. The molecule has 3 fully saturated rings. The highest BCUT2D eigenvalue weighted by Crippen LogP contribution is 2.40. The second kappa shape index (κ2) is 10.5. The first kappa shape index (κ1) is 22.2. The Morgan fingerprint density at radius 2 is 1.89 bits per heavy atom. The molecule has 1 saturated heterocycles. The Morgan fingerprint density at radius 3 is 2.50 bits per heavy atom. The molecule has 0 bridgehead atoms. The van der Waals surface area contributed by atoms with Crippen LogP contribution in [-0.2, 0) is 4.74 Å². The summed E-state index contributed by atoms with van der Waals surface area (Å²) >= 11 is 1.88. The van der Waals surface area contributed by atoms with E-state index in [0.717, 1.165) is 63.9 Å². The van der Waals surface area contributed by atoms with E-state index in [1.165, 1.54) is 32.1 Å². The smallest absolute Gasteiger partial charge is 0.191 e. The van der Waals surface area contributed by atoms with Crippen molar-refractivity contribution in [3.05, 3.63) is 0 Å². The zero-order chi connectivity index (χ0) is 19.9. The van der Waals surface area contributed by atoms with Crippen LogP contribution in [0.1, 0.15) is 58.8 Å². The van der Waals surface area contributed by atoms with E-state index in [0.29, 0.717) is 11.8 Å². The van der Waals surface area contributed by atoms with E-state index >= 15 is 0 Å². The predicted octanol–water partition coefficient (Wildman–Crippen LogP) is 2.22. The van der Waals surface area contributed by atoms with E-state index in [9.17, 15) is 5.11 Å². The molecule has 1 aliphatic heterocycles. The summed E-state index contributed by atoms with van der Waals surface area (Å²) in [5.41, 5.74) is -0.415. The Balaban J connectivity index is 1.62. The van der Waals surface area contributed by atoms with Crippen molar-refractivity contribution in [3.63, 3.8) is 0 Å².